The predicted octanol–water partition coefficient (Wildman–Crippen LogP) is 17.5. The molecule has 0 spiro atoms. The molecule has 0 aromatic carbocycles. The Kier molecular flexibility index (Phi) is 44.2. The molecule has 0 radical (unpaired) electrons. The van der Waals surface area contributed by atoms with Gasteiger partial charge in [0.2, 0.25) is 0 Å². The molecule has 0 aliphatic rings. The summed E-state index contributed by atoms with van der Waals surface area (Å²) >= 11 is 0. The normalized spacial score (nSPS) is 12.0. The van der Waals surface area contributed by atoms with E-state index in [0.29, 0.717) is 6.61 Å². The van der Waals surface area contributed by atoms with Crippen molar-refractivity contribution < 1.29 is 9.22 Å². The molecule has 0 amide bonds. The lowest BCUT2D eigenvalue weighted by Gasteiger charge is -2.44. The van der Waals surface area contributed by atoms with Gasteiger partial charge in [0.1, 0.15) is 0 Å². The molecule has 0 aliphatic heterocycles. The van der Waals surface area contributed by atoms with Crippen LogP contribution >= 0.6 is 0 Å². The lowest BCUT2D eigenvalue weighted by Crippen LogP contribution is -2.51. The molecule has 0 aromatic rings. The van der Waals surface area contributed by atoms with Crippen molar-refractivity contribution in [1.29, 1.82) is 0 Å². The summed E-state index contributed by atoms with van der Waals surface area (Å²) < 4.78 is 8.18. The summed E-state index contributed by atoms with van der Waals surface area (Å²) in [6.45, 7) is 16.8. The summed E-state index contributed by atoms with van der Waals surface area (Å²) in [6.07, 6.45) is 44.4. The Balaban J connectivity index is 0. The van der Waals surface area contributed by atoms with Crippen LogP contribution < -0.4 is 0 Å². The number of hydrogen-bond acceptors (Lipinski definition) is 2. The Bertz CT molecular complexity index is 500. The fraction of sp³-hybridized carbons (Fsp3) is 1.00. The van der Waals surface area contributed by atoms with E-state index in [-0.39, 0.29) is 0 Å². The predicted molar refractivity (Wildman–Crippen MR) is 236 cm³/mol. The molecule has 0 saturated heterocycles. The summed E-state index contributed by atoms with van der Waals surface area (Å²) in [4.78, 5) is 0. The van der Waals surface area contributed by atoms with E-state index < -0.39 is 16.6 Å². The van der Waals surface area contributed by atoms with Crippen LogP contribution in [0.4, 0.5) is 0 Å². The van der Waals surface area contributed by atoms with Crippen molar-refractivity contribution in [2.45, 2.75) is 290 Å². The molecular weight excluding hydrogens is 641 g/mol. The van der Waals surface area contributed by atoms with Gasteiger partial charge in [-0.2, -0.15) is 0 Å². The van der Waals surface area contributed by atoms with Gasteiger partial charge in [-0.3, -0.25) is 0 Å². The van der Waals surface area contributed by atoms with Crippen LogP contribution in [0.25, 0.3) is 0 Å². The van der Waals surface area contributed by atoms with Crippen LogP contribution in [0.2, 0.25) is 36.3 Å². The maximum atomic E-state index is 8.51. The van der Waals surface area contributed by atoms with Gasteiger partial charge in [0.05, 0.1) is 0 Å². The van der Waals surface area contributed by atoms with Gasteiger partial charge in [0.15, 0.2) is 16.6 Å². The van der Waals surface area contributed by atoms with E-state index in [1.807, 2.05) is 0 Å². The maximum Gasteiger partial charge on any atom is 0.179 e. The first-order valence-corrected chi connectivity index (χ1v) is 28.9. The second-order valence-corrected chi connectivity index (χ2v) is 25.1. The molecule has 0 aromatic heterocycles. The Morgan fingerprint density at radius 1 is 0.260 bits per heavy atom. The van der Waals surface area contributed by atoms with Crippen molar-refractivity contribution in [3.63, 3.8) is 0 Å². The second kappa shape index (κ2) is 42.1. The highest BCUT2D eigenvalue weighted by Crippen LogP contribution is 2.40. The Morgan fingerprint density at radius 2 is 0.440 bits per heavy atom. The van der Waals surface area contributed by atoms with Crippen molar-refractivity contribution in [3.8, 4) is 0 Å². The minimum absolute atomic E-state index is 0.370. The van der Waals surface area contributed by atoms with Gasteiger partial charge in [0.25, 0.3) is 0 Å². The van der Waals surface area contributed by atoms with Crippen LogP contribution in [-0.2, 0) is 4.12 Å². The molecule has 50 heavy (non-hydrogen) atoms. The van der Waals surface area contributed by atoms with E-state index in [4.69, 9.17) is 9.22 Å². The molecule has 2 nitrogen and oxygen atoms in total. The van der Waals surface area contributed by atoms with Crippen LogP contribution in [0.15, 0.2) is 0 Å². The van der Waals surface area contributed by atoms with Gasteiger partial charge in [-0.1, -0.05) is 248 Å². The highest BCUT2D eigenvalue weighted by molar-refractivity contribution is 6.87. The molecule has 0 bridgehead atoms. The quantitative estimate of drug-likeness (QED) is 0.0501. The third-order valence-electron chi connectivity index (χ3n) is 11.4. The Hall–Kier alpha value is 0.354. The minimum atomic E-state index is -1.72. The lowest BCUT2D eigenvalue weighted by atomic mass is 10.1. The largest absolute Gasteiger partial charge is 0.455 e. The van der Waals surface area contributed by atoms with Crippen LogP contribution in [0.1, 0.15) is 254 Å². The van der Waals surface area contributed by atoms with Gasteiger partial charge in [-0.15, -0.1) is 0 Å². The van der Waals surface area contributed by atoms with Gasteiger partial charge in [0, 0.05) is 6.61 Å². The fourth-order valence-electron chi connectivity index (χ4n) is 8.00. The molecule has 0 unspecified atom stereocenters. The molecule has 1 N–H and O–H groups in total. The Labute approximate surface area is 321 Å². The molecular formula is C46H100O2Si2. The van der Waals surface area contributed by atoms with Crippen molar-refractivity contribution in [2.75, 3.05) is 6.61 Å². The first kappa shape index (κ1) is 52.5. The van der Waals surface area contributed by atoms with E-state index in [1.165, 1.54) is 235 Å². The zero-order valence-electron chi connectivity index (χ0n) is 36.4. The van der Waals surface area contributed by atoms with Gasteiger partial charge in [-0.05, 0) is 42.7 Å². The van der Waals surface area contributed by atoms with Gasteiger partial charge >= 0.3 is 0 Å². The van der Waals surface area contributed by atoms with Crippen LogP contribution in [0, 0.1) is 0 Å². The fourth-order valence-corrected chi connectivity index (χ4v) is 21.0. The van der Waals surface area contributed by atoms with Crippen molar-refractivity contribution in [1.82, 2.24) is 0 Å². The summed E-state index contributed by atoms with van der Waals surface area (Å²) in [6, 6.07) is 8.91. The minimum Gasteiger partial charge on any atom is -0.455 e. The molecule has 0 atom stereocenters. The van der Waals surface area contributed by atoms with Crippen molar-refractivity contribution in [2.24, 2.45) is 0 Å². The molecule has 304 valence electrons. The smallest absolute Gasteiger partial charge is 0.179 e. The van der Waals surface area contributed by atoms with E-state index in [0.717, 1.165) is 6.42 Å². The van der Waals surface area contributed by atoms with Crippen molar-refractivity contribution >= 4 is 16.6 Å². The van der Waals surface area contributed by atoms with Crippen LogP contribution in [-0.4, -0.2) is 28.3 Å². The zero-order valence-corrected chi connectivity index (χ0v) is 38.4. The first-order chi connectivity index (χ1) is 24.5. The zero-order chi connectivity index (χ0) is 37.3. The van der Waals surface area contributed by atoms with E-state index in [2.05, 4.69) is 48.5 Å². The highest BCUT2D eigenvalue weighted by Gasteiger charge is 2.43. The summed E-state index contributed by atoms with van der Waals surface area (Å²) in [5, 5.41) is 8.51. The van der Waals surface area contributed by atoms with Crippen LogP contribution in [0.5, 0.6) is 0 Å². The van der Waals surface area contributed by atoms with Crippen LogP contribution in [0.3, 0.4) is 0 Å². The molecule has 0 heterocycles. The molecule has 0 fully saturated rings. The topological polar surface area (TPSA) is 29.5 Å². The summed E-state index contributed by atoms with van der Waals surface area (Å²) in [5.41, 5.74) is 0. The third kappa shape index (κ3) is 34.1. The average molecular weight is 741 g/mol. The molecule has 0 saturated carbocycles. The molecule has 4 heteroatoms. The van der Waals surface area contributed by atoms with E-state index in [9.17, 15) is 0 Å². The van der Waals surface area contributed by atoms with E-state index in [1.54, 1.807) is 0 Å². The molecule has 0 aliphatic carbocycles. The molecule has 0 rings (SSSR count). The lowest BCUT2D eigenvalue weighted by molar-refractivity contribution is 0.282. The Morgan fingerprint density at radius 3 is 0.640 bits per heavy atom. The number of unbranched alkanes of at least 4 members (excludes halogenated alkanes) is 25. The third-order valence-corrected chi connectivity index (χ3v) is 22.4. The number of rotatable bonds is 40. The maximum absolute atomic E-state index is 8.51. The highest BCUT2D eigenvalue weighted by atomic mass is 28.4. The van der Waals surface area contributed by atoms with Crippen molar-refractivity contribution in [3.05, 3.63) is 0 Å². The number of aliphatic hydroxyl groups is 1. The number of hydrogen-bond donors (Lipinski definition) is 1. The number of aliphatic hydroxyl groups excluding tert-OH is 1. The summed E-state index contributed by atoms with van der Waals surface area (Å²) in [5.74, 6) is 0. The average Bonchev–Trinajstić information content (AvgIpc) is 3.13. The first-order valence-electron chi connectivity index (χ1n) is 23.8. The van der Waals surface area contributed by atoms with Gasteiger partial charge < -0.3 is 9.22 Å². The monoisotopic (exact) mass is 741 g/mol. The van der Waals surface area contributed by atoms with E-state index >= 15 is 0 Å². The second-order valence-electron chi connectivity index (χ2n) is 16.5. The van der Waals surface area contributed by atoms with Gasteiger partial charge in [-0.25, -0.2) is 0 Å². The summed E-state index contributed by atoms with van der Waals surface area (Å²) in [7, 11) is -3.45. The SMILES string of the molecule is CCCCCCCCCCO.CCCCCC[Si](CCCCCC)(CCCCCC)O[Si](CCCCCC)(CCCCCC)CCCCCC. The standard InChI is InChI=1S/C36H78OSi2.C10H22O/c1-7-13-19-25-31-38(32-26-20-14-8-2,33-27-21-15-9-3)37-39(34-28-22-16-10-4,35-29-23-17-11-5)36-30-24-18-12-6;1-2-3-4-5-6-7-8-9-10-11/h7-36H2,1-6H3;11H,2-10H2,1H3.